The molecule has 0 aliphatic carbocycles. The van der Waals surface area contributed by atoms with Crippen molar-refractivity contribution in [2.45, 2.75) is 39.0 Å². The van der Waals surface area contributed by atoms with Gasteiger partial charge in [0.15, 0.2) is 0 Å². The molecule has 1 aliphatic rings. The normalized spacial score (nSPS) is 16.8. The maximum Gasteiger partial charge on any atom is 0.227 e. The van der Waals surface area contributed by atoms with Crippen molar-refractivity contribution in [3.8, 4) is 0 Å². The molecule has 1 atom stereocenters. The maximum atomic E-state index is 12.5. The summed E-state index contributed by atoms with van der Waals surface area (Å²) in [6.07, 6.45) is 2.13. The summed E-state index contributed by atoms with van der Waals surface area (Å²) >= 11 is 0. The molecule has 1 aliphatic heterocycles. The van der Waals surface area contributed by atoms with Gasteiger partial charge >= 0.3 is 0 Å². The van der Waals surface area contributed by atoms with Crippen molar-refractivity contribution in [1.29, 1.82) is 0 Å². The second-order valence-corrected chi connectivity index (χ2v) is 7.50. The highest BCUT2D eigenvalue weighted by Gasteiger charge is 2.35. The lowest BCUT2D eigenvalue weighted by molar-refractivity contribution is -0.126. The lowest BCUT2D eigenvalue weighted by Gasteiger charge is -2.22. The molecule has 0 aromatic heterocycles. The van der Waals surface area contributed by atoms with Gasteiger partial charge in [-0.05, 0) is 36.0 Å². The van der Waals surface area contributed by atoms with Crippen LogP contribution in [0.5, 0.6) is 0 Å². The van der Waals surface area contributed by atoms with Crippen LogP contribution in [-0.4, -0.2) is 24.9 Å². The highest BCUT2D eigenvalue weighted by Crippen LogP contribution is 2.32. The molecule has 0 saturated carbocycles. The zero-order valence-corrected chi connectivity index (χ0v) is 16.2. The van der Waals surface area contributed by atoms with E-state index in [4.69, 9.17) is 0 Å². The molecule has 1 unspecified atom stereocenters. The molecule has 27 heavy (non-hydrogen) atoms. The van der Waals surface area contributed by atoms with Crippen molar-refractivity contribution < 1.29 is 9.59 Å². The van der Waals surface area contributed by atoms with E-state index >= 15 is 0 Å². The van der Waals surface area contributed by atoms with E-state index in [2.05, 4.69) is 37.4 Å². The number of anilines is 1. The van der Waals surface area contributed by atoms with Gasteiger partial charge in [-0.3, -0.25) is 9.59 Å². The smallest absolute Gasteiger partial charge is 0.227 e. The summed E-state index contributed by atoms with van der Waals surface area (Å²) in [7, 11) is 0. The number of nitrogens with zero attached hydrogens (tertiary/aromatic N) is 1. The van der Waals surface area contributed by atoms with Crippen LogP contribution < -0.4 is 10.2 Å². The number of hydrogen-bond donors (Lipinski definition) is 1. The third kappa shape index (κ3) is 4.76. The molecule has 1 N–H and O–H groups in total. The van der Waals surface area contributed by atoms with Crippen molar-refractivity contribution in [2.24, 2.45) is 5.92 Å². The molecular weight excluding hydrogens is 336 g/mol. The van der Waals surface area contributed by atoms with Gasteiger partial charge in [-0.25, -0.2) is 0 Å². The van der Waals surface area contributed by atoms with E-state index < -0.39 is 0 Å². The van der Waals surface area contributed by atoms with E-state index in [0.29, 0.717) is 19.0 Å². The fourth-order valence-corrected chi connectivity index (χ4v) is 3.63. The first kappa shape index (κ1) is 19.2. The summed E-state index contributed by atoms with van der Waals surface area (Å²) in [6.45, 7) is 5.35. The fraction of sp³-hybridized carbons (Fsp3) is 0.391. The van der Waals surface area contributed by atoms with E-state index in [1.54, 1.807) is 4.90 Å². The summed E-state index contributed by atoms with van der Waals surface area (Å²) < 4.78 is 0. The van der Waals surface area contributed by atoms with Gasteiger partial charge in [-0.2, -0.15) is 0 Å². The van der Waals surface area contributed by atoms with Gasteiger partial charge < -0.3 is 10.2 Å². The zero-order chi connectivity index (χ0) is 19.2. The van der Waals surface area contributed by atoms with Crippen molar-refractivity contribution in [3.05, 3.63) is 65.7 Å². The maximum absolute atomic E-state index is 12.5. The van der Waals surface area contributed by atoms with Gasteiger partial charge in [0, 0.05) is 25.2 Å². The van der Waals surface area contributed by atoms with Crippen molar-refractivity contribution in [2.75, 3.05) is 18.0 Å². The van der Waals surface area contributed by atoms with Crippen LogP contribution in [0, 0.1) is 5.92 Å². The number of amides is 2. The molecular formula is C23H28N2O2. The summed E-state index contributed by atoms with van der Waals surface area (Å²) in [5.74, 6) is 0.0859. The highest BCUT2D eigenvalue weighted by molar-refractivity contribution is 6.00. The van der Waals surface area contributed by atoms with E-state index in [0.717, 1.165) is 24.1 Å². The Labute approximate surface area is 161 Å². The predicted molar refractivity (Wildman–Crippen MR) is 109 cm³/mol. The van der Waals surface area contributed by atoms with Crippen LogP contribution in [-0.2, 0) is 16.0 Å². The standard InChI is InChI=1S/C23H28N2O2/c1-17(2)20-12-6-7-13-21(20)25-16-19(15-22(25)26)23(27)24-14-8-11-18-9-4-3-5-10-18/h3-7,9-10,12-13,17,19H,8,11,14-16H2,1-2H3,(H,24,27). The topological polar surface area (TPSA) is 49.4 Å². The van der Waals surface area contributed by atoms with Crippen LogP contribution in [0.3, 0.4) is 0 Å². The molecule has 4 heteroatoms. The van der Waals surface area contributed by atoms with Crippen LogP contribution >= 0.6 is 0 Å². The minimum Gasteiger partial charge on any atom is -0.356 e. The fourth-order valence-electron chi connectivity index (χ4n) is 3.63. The third-order valence-electron chi connectivity index (χ3n) is 5.13. The second-order valence-electron chi connectivity index (χ2n) is 7.50. The number of para-hydroxylation sites is 1. The van der Waals surface area contributed by atoms with Crippen LogP contribution in [0.15, 0.2) is 54.6 Å². The van der Waals surface area contributed by atoms with Gasteiger partial charge in [0.25, 0.3) is 0 Å². The van der Waals surface area contributed by atoms with Gasteiger partial charge in [-0.15, -0.1) is 0 Å². The van der Waals surface area contributed by atoms with Crippen LogP contribution in [0.2, 0.25) is 0 Å². The van der Waals surface area contributed by atoms with Gasteiger partial charge in [-0.1, -0.05) is 62.4 Å². The number of hydrogen-bond acceptors (Lipinski definition) is 2. The number of benzene rings is 2. The van der Waals surface area contributed by atoms with Crippen molar-refractivity contribution >= 4 is 17.5 Å². The molecule has 0 spiro atoms. The SMILES string of the molecule is CC(C)c1ccccc1N1CC(C(=O)NCCCc2ccccc2)CC1=O. The summed E-state index contributed by atoms with van der Waals surface area (Å²) in [6, 6.07) is 18.2. The van der Waals surface area contributed by atoms with E-state index in [9.17, 15) is 9.59 Å². The average molecular weight is 364 g/mol. The quantitative estimate of drug-likeness (QED) is 0.757. The number of carbonyl (C=O) groups excluding carboxylic acids is 2. The molecule has 2 aromatic carbocycles. The minimum atomic E-state index is -0.269. The van der Waals surface area contributed by atoms with E-state index in [-0.39, 0.29) is 24.2 Å². The molecule has 1 saturated heterocycles. The predicted octanol–water partition coefficient (Wildman–Crippen LogP) is 3.91. The molecule has 1 fully saturated rings. The average Bonchev–Trinajstić information content (AvgIpc) is 3.07. The monoisotopic (exact) mass is 364 g/mol. The van der Waals surface area contributed by atoms with Crippen LogP contribution in [0.4, 0.5) is 5.69 Å². The Balaban J connectivity index is 1.53. The third-order valence-corrected chi connectivity index (χ3v) is 5.13. The zero-order valence-electron chi connectivity index (χ0n) is 16.2. The Kier molecular flexibility index (Phi) is 6.28. The van der Waals surface area contributed by atoms with E-state index in [1.807, 2.05) is 36.4 Å². The van der Waals surface area contributed by atoms with Gasteiger partial charge in [0.2, 0.25) is 11.8 Å². The highest BCUT2D eigenvalue weighted by atomic mass is 16.2. The molecule has 142 valence electrons. The minimum absolute atomic E-state index is 0.0130. The van der Waals surface area contributed by atoms with Crippen molar-refractivity contribution in [3.63, 3.8) is 0 Å². The second kappa shape index (κ2) is 8.85. The largest absolute Gasteiger partial charge is 0.356 e. The first-order chi connectivity index (χ1) is 13.1. The van der Waals surface area contributed by atoms with E-state index in [1.165, 1.54) is 5.56 Å². The Hall–Kier alpha value is -2.62. The number of rotatable bonds is 7. The van der Waals surface area contributed by atoms with Crippen LogP contribution in [0.1, 0.15) is 43.7 Å². The first-order valence-corrected chi connectivity index (χ1v) is 9.77. The molecule has 4 nitrogen and oxygen atoms in total. The molecule has 1 heterocycles. The lowest BCUT2D eigenvalue weighted by Crippen LogP contribution is -2.33. The summed E-state index contributed by atoms with van der Waals surface area (Å²) in [5, 5.41) is 3.01. The number of aryl methyl sites for hydroxylation is 1. The molecule has 0 radical (unpaired) electrons. The van der Waals surface area contributed by atoms with Gasteiger partial charge in [0.1, 0.15) is 0 Å². The summed E-state index contributed by atoms with van der Waals surface area (Å²) in [5.41, 5.74) is 3.37. The Bertz CT molecular complexity index is 786. The molecule has 0 bridgehead atoms. The Morgan fingerprint density at radius 3 is 2.56 bits per heavy atom. The van der Waals surface area contributed by atoms with Crippen molar-refractivity contribution in [1.82, 2.24) is 5.32 Å². The summed E-state index contributed by atoms with van der Waals surface area (Å²) in [4.78, 5) is 26.8. The number of carbonyl (C=O) groups is 2. The molecule has 3 rings (SSSR count). The molecule has 2 amide bonds. The first-order valence-electron chi connectivity index (χ1n) is 9.77. The Morgan fingerprint density at radius 1 is 1.11 bits per heavy atom. The molecule has 2 aromatic rings. The van der Waals surface area contributed by atoms with Gasteiger partial charge in [0.05, 0.1) is 5.92 Å². The number of nitrogens with one attached hydrogen (secondary N) is 1. The Morgan fingerprint density at radius 2 is 1.81 bits per heavy atom. The van der Waals surface area contributed by atoms with Crippen LogP contribution in [0.25, 0.3) is 0 Å². The lowest BCUT2D eigenvalue weighted by atomic mass is 10.0.